The van der Waals surface area contributed by atoms with Gasteiger partial charge in [-0.1, -0.05) is 30.3 Å². The van der Waals surface area contributed by atoms with E-state index in [-0.39, 0.29) is 18.3 Å². The van der Waals surface area contributed by atoms with Crippen molar-refractivity contribution in [2.24, 2.45) is 0 Å². The first kappa shape index (κ1) is 16.8. The van der Waals surface area contributed by atoms with Crippen molar-refractivity contribution in [3.05, 3.63) is 96.1 Å². The second-order valence-corrected chi connectivity index (χ2v) is 6.12. The number of nitrogens with zero attached hydrogens (tertiary/aromatic N) is 2. The average Bonchev–Trinajstić information content (AvgIpc) is 2.72. The summed E-state index contributed by atoms with van der Waals surface area (Å²) in [5, 5.41) is 3.64. The molecule has 1 N–H and O–H groups in total. The molecule has 4 rings (SSSR count). The van der Waals surface area contributed by atoms with Crippen LogP contribution < -0.4 is 5.32 Å². The maximum absolute atomic E-state index is 13.3. The minimum absolute atomic E-state index is 0.229. The van der Waals surface area contributed by atoms with Gasteiger partial charge in [0.15, 0.2) is 0 Å². The van der Waals surface area contributed by atoms with Crippen LogP contribution in [0.1, 0.15) is 15.9 Å². The van der Waals surface area contributed by atoms with Crippen LogP contribution in [-0.2, 0) is 6.54 Å². The largest absolute Gasteiger partial charge is 0.348 e. The molecule has 0 unspecified atom stereocenters. The van der Waals surface area contributed by atoms with Gasteiger partial charge < -0.3 is 5.32 Å². The van der Waals surface area contributed by atoms with E-state index in [1.54, 1.807) is 30.6 Å². The molecule has 0 aliphatic rings. The first-order valence-electron chi connectivity index (χ1n) is 8.53. The second kappa shape index (κ2) is 7.33. The summed E-state index contributed by atoms with van der Waals surface area (Å²) in [6, 6.07) is 19.2. The van der Waals surface area contributed by atoms with Gasteiger partial charge in [-0.25, -0.2) is 9.37 Å². The molecule has 132 valence electrons. The van der Waals surface area contributed by atoms with Crippen LogP contribution >= 0.6 is 0 Å². The maximum atomic E-state index is 13.3. The quantitative estimate of drug-likeness (QED) is 0.590. The van der Waals surface area contributed by atoms with Gasteiger partial charge in [-0.15, -0.1) is 0 Å². The second-order valence-electron chi connectivity index (χ2n) is 6.12. The Labute approximate surface area is 155 Å². The van der Waals surface area contributed by atoms with Gasteiger partial charge in [0, 0.05) is 29.9 Å². The number of hydrogen-bond acceptors (Lipinski definition) is 3. The van der Waals surface area contributed by atoms with E-state index in [1.807, 2.05) is 36.4 Å². The van der Waals surface area contributed by atoms with E-state index in [4.69, 9.17) is 0 Å². The summed E-state index contributed by atoms with van der Waals surface area (Å²) in [7, 11) is 0. The number of para-hydroxylation sites is 1. The van der Waals surface area contributed by atoms with Gasteiger partial charge in [0.1, 0.15) is 5.82 Å². The Balaban J connectivity index is 1.70. The van der Waals surface area contributed by atoms with Crippen molar-refractivity contribution < 1.29 is 9.18 Å². The van der Waals surface area contributed by atoms with Crippen LogP contribution in [0.25, 0.3) is 22.2 Å². The molecule has 27 heavy (non-hydrogen) atoms. The summed E-state index contributed by atoms with van der Waals surface area (Å²) in [6.45, 7) is 0.248. The molecule has 0 saturated carbocycles. The normalized spacial score (nSPS) is 10.7. The Kier molecular flexibility index (Phi) is 4.58. The number of amides is 1. The van der Waals surface area contributed by atoms with Crippen molar-refractivity contribution in [2.45, 2.75) is 6.54 Å². The van der Waals surface area contributed by atoms with Gasteiger partial charge in [-0.2, -0.15) is 0 Å². The van der Waals surface area contributed by atoms with Crippen molar-refractivity contribution in [3.63, 3.8) is 0 Å². The Hall–Kier alpha value is -3.60. The van der Waals surface area contributed by atoms with Gasteiger partial charge in [-0.3, -0.25) is 9.78 Å². The number of fused-ring (bicyclic) bond motifs is 1. The van der Waals surface area contributed by atoms with Crippen molar-refractivity contribution in [1.29, 1.82) is 0 Å². The third kappa shape index (κ3) is 3.67. The molecule has 0 aliphatic carbocycles. The van der Waals surface area contributed by atoms with Gasteiger partial charge in [0.05, 0.1) is 16.8 Å². The summed E-state index contributed by atoms with van der Waals surface area (Å²) in [4.78, 5) is 21.5. The average molecular weight is 357 g/mol. The third-order valence-electron chi connectivity index (χ3n) is 4.28. The zero-order chi connectivity index (χ0) is 18.6. The smallest absolute Gasteiger partial charge is 0.252 e. The molecule has 4 nitrogen and oxygen atoms in total. The molecule has 2 aromatic carbocycles. The first-order chi connectivity index (χ1) is 13.2. The highest BCUT2D eigenvalue weighted by atomic mass is 19.1. The number of pyridine rings is 2. The Morgan fingerprint density at radius 1 is 0.963 bits per heavy atom. The SMILES string of the molecule is O=C(NCc1cccc(F)c1)c1cc(-c2ccncc2)nc2ccccc12. The standard InChI is InChI=1S/C22H16FN3O/c23-17-5-3-4-15(12-17)14-25-22(27)19-13-21(16-8-10-24-11-9-16)26-20-7-2-1-6-18(19)20/h1-13H,14H2,(H,25,27). The lowest BCUT2D eigenvalue weighted by Gasteiger charge is -2.11. The molecule has 0 fully saturated rings. The van der Waals surface area contributed by atoms with E-state index < -0.39 is 0 Å². The molecule has 0 radical (unpaired) electrons. The van der Waals surface area contributed by atoms with Crippen LogP contribution in [0.15, 0.2) is 79.1 Å². The number of rotatable bonds is 4. The molecule has 2 aromatic heterocycles. The predicted molar refractivity (Wildman–Crippen MR) is 103 cm³/mol. The number of halogens is 1. The topological polar surface area (TPSA) is 54.9 Å². The third-order valence-corrected chi connectivity index (χ3v) is 4.28. The van der Waals surface area contributed by atoms with Gasteiger partial charge in [0.2, 0.25) is 0 Å². The van der Waals surface area contributed by atoms with Gasteiger partial charge in [0.25, 0.3) is 5.91 Å². The number of nitrogens with one attached hydrogen (secondary N) is 1. The molecule has 0 bridgehead atoms. The van der Waals surface area contributed by atoms with Crippen LogP contribution in [0.5, 0.6) is 0 Å². The van der Waals surface area contributed by atoms with E-state index in [0.29, 0.717) is 16.8 Å². The van der Waals surface area contributed by atoms with E-state index >= 15 is 0 Å². The zero-order valence-electron chi connectivity index (χ0n) is 14.4. The molecule has 4 aromatic rings. The fraction of sp³-hybridized carbons (Fsp3) is 0.0455. The highest BCUT2D eigenvalue weighted by Gasteiger charge is 2.14. The summed E-state index contributed by atoms with van der Waals surface area (Å²) in [6.07, 6.45) is 3.38. The van der Waals surface area contributed by atoms with Crippen molar-refractivity contribution in [2.75, 3.05) is 0 Å². The Morgan fingerprint density at radius 2 is 1.78 bits per heavy atom. The highest BCUT2D eigenvalue weighted by molar-refractivity contribution is 6.07. The first-order valence-corrected chi connectivity index (χ1v) is 8.53. The molecular weight excluding hydrogens is 341 g/mol. The molecule has 0 saturated heterocycles. The molecule has 5 heteroatoms. The lowest BCUT2D eigenvalue weighted by atomic mass is 10.0. The van der Waals surface area contributed by atoms with Crippen LogP contribution in [0.4, 0.5) is 4.39 Å². The van der Waals surface area contributed by atoms with Gasteiger partial charge in [-0.05, 0) is 42.0 Å². The lowest BCUT2D eigenvalue weighted by molar-refractivity contribution is 0.0952. The monoisotopic (exact) mass is 357 g/mol. The van der Waals surface area contributed by atoms with Gasteiger partial charge >= 0.3 is 0 Å². The minimum Gasteiger partial charge on any atom is -0.348 e. The van der Waals surface area contributed by atoms with Crippen LogP contribution in [0.3, 0.4) is 0 Å². The van der Waals surface area contributed by atoms with Crippen LogP contribution in [0, 0.1) is 5.82 Å². The molecule has 0 atom stereocenters. The van der Waals surface area contributed by atoms with Crippen molar-refractivity contribution >= 4 is 16.8 Å². The fourth-order valence-electron chi connectivity index (χ4n) is 2.96. The van der Waals surface area contributed by atoms with Crippen molar-refractivity contribution in [3.8, 4) is 11.3 Å². The summed E-state index contributed by atoms with van der Waals surface area (Å²) in [5.74, 6) is -0.552. The number of hydrogen-bond donors (Lipinski definition) is 1. The molecular formula is C22H16FN3O. The summed E-state index contributed by atoms with van der Waals surface area (Å²) in [5.41, 5.74) is 3.56. The number of aromatic nitrogens is 2. The molecule has 2 heterocycles. The number of carbonyl (C=O) groups excluding carboxylic acids is 1. The Bertz CT molecular complexity index is 1110. The molecule has 0 aliphatic heterocycles. The predicted octanol–water partition coefficient (Wildman–Crippen LogP) is 4.37. The molecule has 0 spiro atoms. The van der Waals surface area contributed by atoms with E-state index in [2.05, 4.69) is 15.3 Å². The van der Waals surface area contributed by atoms with Crippen LogP contribution in [-0.4, -0.2) is 15.9 Å². The van der Waals surface area contributed by atoms with Crippen molar-refractivity contribution in [1.82, 2.24) is 15.3 Å². The number of benzene rings is 2. The van der Waals surface area contributed by atoms with E-state index in [0.717, 1.165) is 16.5 Å². The number of carbonyl (C=O) groups is 1. The van der Waals surface area contributed by atoms with Crippen LogP contribution in [0.2, 0.25) is 0 Å². The summed E-state index contributed by atoms with van der Waals surface area (Å²) >= 11 is 0. The fourth-order valence-corrected chi connectivity index (χ4v) is 2.96. The van der Waals surface area contributed by atoms with E-state index in [1.165, 1.54) is 12.1 Å². The van der Waals surface area contributed by atoms with E-state index in [9.17, 15) is 9.18 Å². The zero-order valence-corrected chi connectivity index (χ0v) is 14.4. The molecule has 1 amide bonds. The minimum atomic E-state index is -0.323. The maximum Gasteiger partial charge on any atom is 0.252 e. The Morgan fingerprint density at radius 3 is 2.59 bits per heavy atom. The highest BCUT2D eigenvalue weighted by Crippen LogP contribution is 2.24. The summed E-state index contributed by atoms with van der Waals surface area (Å²) < 4.78 is 13.3. The lowest BCUT2D eigenvalue weighted by Crippen LogP contribution is -2.23.